The van der Waals surface area contributed by atoms with E-state index < -0.39 is 17.9 Å². The summed E-state index contributed by atoms with van der Waals surface area (Å²) in [7, 11) is 0. The van der Waals surface area contributed by atoms with Crippen LogP contribution in [0.5, 0.6) is 0 Å². The van der Waals surface area contributed by atoms with Crippen LogP contribution in [0.25, 0.3) is 0 Å². The minimum Gasteiger partial charge on any atom is -0.545 e. The Bertz CT molecular complexity index is 911. The van der Waals surface area contributed by atoms with Crippen molar-refractivity contribution in [1.82, 2.24) is 15.0 Å². The molecule has 9 nitrogen and oxygen atoms in total. The molecule has 0 atom stereocenters. The largest absolute Gasteiger partial charge is 3.00 e. The Labute approximate surface area is 198 Å². The van der Waals surface area contributed by atoms with E-state index in [0.717, 1.165) is 16.7 Å². The number of rotatable bonds is 3. The molecule has 3 rings (SSSR count). The first-order valence-electron chi connectivity index (χ1n) is 8.49. The maximum absolute atomic E-state index is 10.2. The first-order chi connectivity index (χ1) is 14.1. The quantitative estimate of drug-likeness (QED) is 0.332. The molecule has 0 spiro atoms. The van der Waals surface area contributed by atoms with Gasteiger partial charge in [0.2, 0.25) is 0 Å². The Balaban J connectivity index is 0.000000429. The van der Waals surface area contributed by atoms with Crippen molar-refractivity contribution in [3.63, 3.8) is 0 Å². The van der Waals surface area contributed by atoms with Gasteiger partial charge in [-0.2, -0.15) is 0 Å². The smallest absolute Gasteiger partial charge is 0.545 e. The van der Waals surface area contributed by atoms with Crippen LogP contribution >= 0.6 is 0 Å². The zero-order valence-corrected chi connectivity index (χ0v) is 20.4. The van der Waals surface area contributed by atoms with E-state index in [9.17, 15) is 29.7 Å². The number of carboxylic acid groups (broad SMARTS) is 3. The van der Waals surface area contributed by atoms with Crippen LogP contribution < -0.4 is 15.3 Å². The van der Waals surface area contributed by atoms with Crippen LogP contribution in [-0.4, -0.2) is 59.1 Å². The Kier molecular flexibility index (Phi) is 12.4. The summed E-state index contributed by atoms with van der Waals surface area (Å²) in [6.45, 7) is 5.33. The molecule has 0 saturated carbocycles. The number of carbonyl (C=O) groups excluding carboxylic acids is 3. The van der Waals surface area contributed by atoms with Gasteiger partial charge < -0.3 is 29.7 Å². The van der Waals surface area contributed by atoms with Crippen LogP contribution in [0.3, 0.4) is 0 Å². The van der Waals surface area contributed by atoms with Crippen LogP contribution in [0.15, 0.2) is 55.4 Å². The van der Waals surface area contributed by atoms with Gasteiger partial charge in [0.05, 0.1) is 17.9 Å². The fraction of sp³-hybridized carbons (Fsp3) is 0.143. The van der Waals surface area contributed by atoms with Crippen molar-refractivity contribution in [3.8, 4) is 0 Å². The fourth-order valence-electron chi connectivity index (χ4n) is 2.00. The van der Waals surface area contributed by atoms with Gasteiger partial charge in [-0.1, -0.05) is 0 Å². The monoisotopic (exact) mass is 617 g/mol. The minimum absolute atomic E-state index is 0. The van der Waals surface area contributed by atoms with E-state index in [4.69, 9.17) is 0 Å². The second-order valence-electron chi connectivity index (χ2n) is 6.12. The molecule has 0 fully saturated rings. The van der Waals surface area contributed by atoms with Gasteiger partial charge in [-0.15, -0.1) is 0 Å². The minimum atomic E-state index is -1.18. The van der Waals surface area contributed by atoms with Crippen LogP contribution in [0.1, 0.15) is 47.8 Å². The normalized spacial score (nSPS) is 9.00. The molecule has 0 amide bonds. The number of pyridine rings is 3. The van der Waals surface area contributed by atoms with Gasteiger partial charge in [-0.05, 0) is 55.7 Å². The first-order valence-corrected chi connectivity index (χ1v) is 8.49. The van der Waals surface area contributed by atoms with Crippen molar-refractivity contribution in [2.45, 2.75) is 20.8 Å². The number of hydrogen-bond acceptors (Lipinski definition) is 9. The molecule has 0 unspecified atom stereocenters. The Hall–Kier alpha value is -3.26. The molecule has 3 heterocycles. The van der Waals surface area contributed by atoms with Crippen molar-refractivity contribution in [2.75, 3.05) is 0 Å². The SMILES string of the molecule is Cc1cncc(C(=O)[O-])c1.Cc1cncc(C(=O)[O-])c1.Cc1cncc(C(=O)[O-])c1.[Bi+3]. The van der Waals surface area contributed by atoms with Crippen LogP contribution in [0, 0.1) is 20.8 Å². The number of hydrogen-bond donors (Lipinski definition) is 0. The summed E-state index contributed by atoms with van der Waals surface area (Å²) < 4.78 is 0. The number of aryl methyl sites for hydroxylation is 3. The van der Waals surface area contributed by atoms with Crippen LogP contribution in [0.2, 0.25) is 0 Å². The average Bonchev–Trinajstić information content (AvgIpc) is 2.69. The number of aromatic nitrogens is 3. The van der Waals surface area contributed by atoms with E-state index >= 15 is 0 Å². The molecule has 3 aromatic heterocycles. The van der Waals surface area contributed by atoms with Crippen LogP contribution in [0.4, 0.5) is 0 Å². The van der Waals surface area contributed by atoms with E-state index in [1.165, 1.54) is 36.8 Å². The van der Waals surface area contributed by atoms with E-state index in [1.54, 1.807) is 39.4 Å². The number of nitrogens with zero attached hydrogens (tertiary/aromatic N) is 3. The Morgan fingerprint density at radius 1 is 0.548 bits per heavy atom. The Morgan fingerprint density at radius 2 is 0.774 bits per heavy atom. The average molecular weight is 617 g/mol. The summed E-state index contributed by atoms with van der Waals surface area (Å²) in [6.07, 6.45) is 8.57. The molecular weight excluding hydrogens is 599 g/mol. The van der Waals surface area contributed by atoms with Gasteiger partial charge in [0.1, 0.15) is 0 Å². The third kappa shape index (κ3) is 10.9. The van der Waals surface area contributed by atoms with Crippen molar-refractivity contribution >= 4 is 44.1 Å². The van der Waals surface area contributed by atoms with Gasteiger partial charge >= 0.3 is 26.2 Å². The third-order valence-electron chi connectivity index (χ3n) is 3.33. The zero-order chi connectivity index (χ0) is 22.7. The molecule has 10 heteroatoms. The molecule has 3 aromatic rings. The molecule has 158 valence electrons. The molecule has 0 N–H and O–H groups in total. The molecule has 0 aliphatic carbocycles. The summed E-state index contributed by atoms with van der Waals surface area (Å²) in [5.74, 6) is -3.55. The standard InChI is InChI=1S/3C7H7NO2.Bi/c3*1-5-2-6(7(9)10)4-8-3-5;/h3*2-4H,1H3,(H,9,10);/q;;;+3/p-3. The second kappa shape index (κ2) is 13.9. The van der Waals surface area contributed by atoms with E-state index in [0.29, 0.717) is 0 Å². The van der Waals surface area contributed by atoms with Gasteiger partial charge in [-0.3, -0.25) is 15.0 Å². The predicted molar refractivity (Wildman–Crippen MR) is 106 cm³/mol. The summed E-state index contributed by atoms with van der Waals surface area (Å²) >= 11 is 0. The van der Waals surface area contributed by atoms with Crippen molar-refractivity contribution < 1.29 is 29.7 Å². The molecule has 0 bridgehead atoms. The number of aromatic carboxylic acids is 3. The molecule has 0 aliphatic heterocycles. The molecule has 0 aromatic carbocycles. The zero-order valence-electron chi connectivity index (χ0n) is 16.9. The maximum atomic E-state index is 10.2. The van der Waals surface area contributed by atoms with Gasteiger partial charge in [0.15, 0.2) is 0 Å². The Morgan fingerprint density at radius 3 is 0.903 bits per heavy atom. The van der Waals surface area contributed by atoms with Gasteiger partial charge in [-0.25, -0.2) is 0 Å². The summed E-state index contributed by atoms with van der Waals surface area (Å²) in [5, 5.41) is 30.6. The number of carbonyl (C=O) groups is 3. The third-order valence-corrected chi connectivity index (χ3v) is 3.33. The van der Waals surface area contributed by atoms with E-state index in [2.05, 4.69) is 15.0 Å². The van der Waals surface area contributed by atoms with E-state index in [-0.39, 0.29) is 42.9 Å². The van der Waals surface area contributed by atoms with Crippen molar-refractivity contribution in [2.24, 2.45) is 0 Å². The van der Waals surface area contributed by atoms with Crippen molar-refractivity contribution in [3.05, 3.63) is 88.8 Å². The molecule has 0 saturated heterocycles. The first kappa shape index (κ1) is 27.7. The summed E-state index contributed by atoms with van der Waals surface area (Å²) in [4.78, 5) is 41.7. The second-order valence-corrected chi connectivity index (χ2v) is 6.12. The van der Waals surface area contributed by atoms with Gasteiger partial charge in [0.25, 0.3) is 0 Å². The van der Waals surface area contributed by atoms with Crippen molar-refractivity contribution in [1.29, 1.82) is 0 Å². The molecule has 2 radical (unpaired) electrons. The number of carboxylic acids is 3. The summed E-state index contributed by atoms with van der Waals surface area (Å²) in [6, 6.07) is 4.55. The van der Waals surface area contributed by atoms with Gasteiger partial charge in [0, 0.05) is 53.9 Å². The van der Waals surface area contributed by atoms with Crippen LogP contribution in [-0.2, 0) is 0 Å². The summed E-state index contributed by atoms with van der Waals surface area (Å²) in [5.41, 5.74) is 2.84. The predicted octanol–water partition coefficient (Wildman–Crippen LogP) is -1.12. The topological polar surface area (TPSA) is 159 Å². The molecule has 31 heavy (non-hydrogen) atoms. The molecule has 0 aliphatic rings. The molecular formula is C21H18BiN3O6. The maximum Gasteiger partial charge on any atom is 3.00 e. The van der Waals surface area contributed by atoms with E-state index in [1.807, 2.05) is 0 Å². The fourth-order valence-corrected chi connectivity index (χ4v) is 2.00.